The Hall–Kier alpha value is -0.0400. The van der Waals surface area contributed by atoms with Gasteiger partial charge in [-0.3, -0.25) is 0 Å². The van der Waals surface area contributed by atoms with Gasteiger partial charge in [0.2, 0.25) is 0 Å². The van der Waals surface area contributed by atoms with Crippen LogP contribution < -0.4 is 0 Å². The predicted octanol–water partition coefficient (Wildman–Crippen LogP) is 26.1. The van der Waals surface area contributed by atoms with Gasteiger partial charge in [-0.05, 0) is 19.3 Å². The predicted molar refractivity (Wildman–Crippen MR) is 329 cm³/mol. The van der Waals surface area contributed by atoms with Crippen molar-refractivity contribution in [2.24, 2.45) is 0 Å². The summed E-state index contributed by atoms with van der Waals surface area (Å²) >= 11 is 0. The molecule has 0 fully saturated rings. The second kappa shape index (κ2) is 59.2. The van der Waals surface area contributed by atoms with Crippen LogP contribution in [0.1, 0.15) is 425 Å². The molecule has 0 aromatic carbocycles. The van der Waals surface area contributed by atoms with Gasteiger partial charge < -0.3 is 4.48 Å². The Kier molecular flexibility index (Phi) is 59.2. The summed E-state index contributed by atoms with van der Waals surface area (Å²) < 4.78 is 1.18. The molecule has 1 nitrogen and oxygen atoms in total. The van der Waals surface area contributed by atoms with Gasteiger partial charge in [0.15, 0.2) is 0 Å². The van der Waals surface area contributed by atoms with Gasteiger partial charge >= 0.3 is 0 Å². The van der Waals surface area contributed by atoms with Gasteiger partial charge in [-0.25, -0.2) is 0 Å². The molecule has 0 aliphatic rings. The molecule has 0 amide bonds. The highest BCUT2D eigenvalue weighted by Crippen LogP contribution is 2.37. The Morgan fingerprint density at radius 1 is 0.155 bits per heavy atom. The van der Waals surface area contributed by atoms with Crippen LogP contribution in [0, 0.1) is 0 Å². The van der Waals surface area contributed by atoms with Crippen LogP contribution in [0.3, 0.4) is 0 Å². The van der Waals surface area contributed by atoms with Crippen LogP contribution in [0.25, 0.3) is 0 Å². The van der Waals surface area contributed by atoms with Gasteiger partial charge in [-0.15, -0.1) is 0 Å². The fourth-order valence-electron chi connectivity index (χ4n) is 12.5. The molecule has 428 valence electrons. The molecule has 0 aliphatic carbocycles. The van der Waals surface area contributed by atoms with Crippen LogP contribution >= 0.6 is 0 Å². The van der Waals surface area contributed by atoms with E-state index >= 15 is 0 Å². The highest BCUT2D eigenvalue weighted by molar-refractivity contribution is 4.81. The number of hydrogen-bond donors (Lipinski definition) is 0. The molecular formula is C70H144N+. The molecule has 0 heterocycles. The van der Waals surface area contributed by atoms with Gasteiger partial charge in [0.25, 0.3) is 0 Å². The Morgan fingerprint density at radius 3 is 0.352 bits per heavy atom. The van der Waals surface area contributed by atoms with Crippen molar-refractivity contribution in [3.05, 3.63) is 0 Å². The monoisotopic (exact) mass is 999 g/mol. The van der Waals surface area contributed by atoms with Crippen molar-refractivity contribution >= 4 is 0 Å². The normalized spacial score (nSPS) is 12.3. The van der Waals surface area contributed by atoms with Crippen molar-refractivity contribution < 1.29 is 4.48 Å². The van der Waals surface area contributed by atoms with Crippen LogP contribution in [0.15, 0.2) is 0 Å². The molecule has 0 unspecified atom stereocenters. The first-order valence-corrected chi connectivity index (χ1v) is 34.7. The SMILES string of the molecule is CCCCCCCCCCCCCCCCCCCCCCC(CCCCCCCCCCCCCCCCCCCCCC)(CCCCCCCCCCCCCCCCCCCCCC)[N+](C)(C)C. The van der Waals surface area contributed by atoms with Crippen LogP contribution in [0.4, 0.5) is 0 Å². The average Bonchev–Trinajstić information content (AvgIpc) is 3.36. The molecule has 0 aromatic heterocycles. The second-order valence-corrected chi connectivity index (χ2v) is 25.6. The van der Waals surface area contributed by atoms with Gasteiger partial charge in [0.05, 0.1) is 26.7 Å². The summed E-state index contributed by atoms with van der Waals surface area (Å²) in [5.41, 5.74) is 0.483. The Morgan fingerprint density at radius 2 is 0.254 bits per heavy atom. The van der Waals surface area contributed by atoms with E-state index in [0.29, 0.717) is 5.54 Å². The number of nitrogens with zero attached hydrogens (tertiary/aromatic N) is 1. The quantitative estimate of drug-likeness (QED) is 0.0421. The van der Waals surface area contributed by atoms with E-state index in [4.69, 9.17) is 0 Å². The van der Waals surface area contributed by atoms with E-state index in [-0.39, 0.29) is 0 Å². The second-order valence-electron chi connectivity index (χ2n) is 25.6. The summed E-state index contributed by atoms with van der Waals surface area (Å²) in [6, 6.07) is 0. The maximum Gasteiger partial charge on any atom is 0.0986 e. The van der Waals surface area contributed by atoms with Crippen LogP contribution in [-0.2, 0) is 0 Å². The molecule has 0 bridgehead atoms. The Labute approximate surface area is 454 Å². The maximum absolute atomic E-state index is 2.57. The standard InChI is InChI=1S/C70H144N/c1-7-10-13-16-19-22-25-28-31-34-37-40-43-46-49-52-55-58-61-64-67-70(71(4,5)6,68-65-62-59-56-53-50-47-44-41-38-35-32-29-26-23-20-17-14-11-8-2)69-66-63-60-57-54-51-48-45-42-39-36-33-30-27-24-21-18-15-12-9-3/h7-69H2,1-6H3/q+1. The van der Waals surface area contributed by atoms with Crippen LogP contribution in [0.2, 0.25) is 0 Å². The zero-order chi connectivity index (χ0) is 51.5. The third-order valence-corrected chi connectivity index (χ3v) is 17.9. The first-order valence-electron chi connectivity index (χ1n) is 34.7. The molecule has 0 saturated carbocycles. The molecule has 0 aliphatic heterocycles. The molecule has 0 N–H and O–H groups in total. The number of rotatable bonds is 64. The van der Waals surface area contributed by atoms with E-state index in [1.54, 1.807) is 0 Å². The van der Waals surface area contributed by atoms with E-state index in [1.807, 2.05) is 0 Å². The maximum atomic E-state index is 2.57. The van der Waals surface area contributed by atoms with Gasteiger partial charge in [-0.1, -0.05) is 387 Å². The van der Waals surface area contributed by atoms with Gasteiger partial charge in [0.1, 0.15) is 0 Å². The van der Waals surface area contributed by atoms with Crippen molar-refractivity contribution in [1.29, 1.82) is 0 Å². The lowest BCUT2D eigenvalue weighted by atomic mass is 9.79. The molecule has 0 atom stereocenters. The molecular weight excluding hydrogens is 855 g/mol. The minimum absolute atomic E-state index is 0.483. The first-order chi connectivity index (χ1) is 34.9. The zero-order valence-electron chi connectivity index (χ0n) is 51.5. The van der Waals surface area contributed by atoms with Gasteiger partial charge in [-0.2, -0.15) is 0 Å². The Balaban J connectivity index is 4.39. The first kappa shape index (κ1) is 71.0. The third-order valence-electron chi connectivity index (χ3n) is 17.9. The Bertz CT molecular complexity index is 823. The number of unbranched alkanes of at least 4 members (excludes halogenated alkanes) is 57. The summed E-state index contributed by atoms with van der Waals surface area (Å²) in [7, 11) is 7.72. The molecule has 0 radical (unpaired) electrons. The van der Waals surface area contributed by atoms with E-state index in [0.717, 1.165) is 0 Å². The summed E-state index contributed by atoms with van der Waals surface area (Å²) in [5, 5.41) is 0. The van der Waals surface area contributed by atoms with Crippen molar-refractivity contribution in [2.45, 2.75) is 431 Å². The zero-order valence-corrected chi connectivity index (χ0v) is 51.5. The molecule has 0 spiro atoms. The summed E-state index contributed by atoms with van der Waals surface area (Å²) in [6.07, 6.45) is 92.9. The highest BCUT2D eigenvalue weighted by atomic mass is 15.3. The van der Waals surface area contributed by atoms with Crippen LogP contribution in [-0.4, -0.2) is 31.2 Å². The summed E-state index contributed by atoms with van der Waals surface area (Å²) in [5.74, 6) is 0. The van der Waals surface area contributed by atoms with E-state index in [9.17, 15) is 0 Å². The number of hydrogen-bond acceptors (Lipinski definition) is 0. The highest BCUT2D eigenvalue weighted by Gasteiger charge is 2.41. The van der Waals surface area contributed by atoms with E-state index in [2.05, 4.69) is 41.9 Å². The van der Waals surface area contributed by atoms with Gasteiger partial charge in [0, 0.05) is 19.3 Å². The summed E-state index contributed by atoms with van der Waals surface area (Å²) in [4.78, 5) is 0. The average molecular weight is 1000 g/mol. The minimum Gasteiger partial charge on any atom is -0.326 e. The van der Waals surface area contributed by atoms with Crippen molar-refractivity contribution in [1.82, 2.24) is 0 Å². The topological polar surface area (TPSA) is 0 Å². The molecule has 0 aromatic rings. The van der Waals surface area contributed by atoms with Crippen molar-refractivity contribution in [3.63, 3.8) is 0 Å². The fraction of sp³-hybridized carbons (Fsp3) is 1.00. The lowest BCUT2D eigenvalue weighted by Crippen LogP contribution is -2.57. The lowest BCUT2D eigenvalue weighted by molar-refractivity contribution is -0.926. The third kappa shape index (κ3) is 53.2. The van der Waals surface area contributed by atoms with Crippen molar-refractivity contribution in [2.75, 3.05) is 21.1 Å². The molecule has 0 saturated heterocycles. The molecule has 0 rings (SSSR count). The largest absolute Gasteiger partial charge is 0.326 e. The summed E-state index contributed by atoms with van der Waals surface area (Å²) in [6.45, 7) is 6.97. The fourth-order valence-corrected chi connectivity index (χ4v) is 12.5. The lowest BCUT2D eigenvalue weighted by Gasteiger charge is -2.47. The van der Waals surface area contributed by atoms with Crippen molar-refractivity contribution in [3.8, 4) is 0 Å². The smallest absolute Gasteiger partial charge is 0.0986 e. The van der Waals surface area contributed by atoms with E-state index < -0.39 is 0 Å². The van der Waals surface area contributed by atoms with E-state index in [1.165, 1.54) is 409 Å². The van der Waals surface area contributed by atoms with Crippen LogP contribution in [0.5, 0.6) is 0 Å². The molecule has 1 heteroatoms. The minimum atomic E-state index is 0.483. The molecule has 71 heavy (non-hydrogen) atoms. The number of quaternary nitrogens is 1.